The van der Waals surface area contributed by atoms with Gasteiger partial charge in [-0.3, -0.25) is 0 Å². The normalized spacial score (nSPS) is 13.1. The highest BCUT2D eigenvalue weighted by atomic mass is 32.1. The number of hydrogen-bond acceptors (Lipinski definition) is 5. The minimum atomic E-state index is -0.547. The number of aromatic nitrogens is 1. The fourth-order valence-corrected chi connectivity index (χ4v) is 4.87. The zero-order valence-corrected chi connectivity index (χ0v) is 17.7. The lowest BCUT2D eigenvalue weighted by atomic mass is 9.99. The zero-order valence-electron chi connectivity index (χ0n) is 16.9. The van der Waals surface area contributed by atoms with Gasteiger partial charge >= 0.3 is 6.03 Å². The number of primary amides is 1. The largest absolute Gasteiger partial charge is 0.464 e. The Balaban J connectivity index is 1.27. The van der Waals surface area contributed by atoms with Crippen LogP contribution in [-0.2, 0) is 19.4 Å². The number of thiazole rings is 1. The molecule has 1 aliphatic rings. The summed E-state index contributed by atoms with van der Waals surface area (Å²) in [5, 5.41) is 3.68. The Kier molecular flexibility index (Phi) is 5.18. The van der Waals surface area contributed by atoms with Gasteiger partial charge in [-0.25, -0.2) is 9.78 Å². The van der Waals surface area contributed by atoms with Gasteiger partial charge in [-0.05, 0) is 47.4 Å². The molecule has 2 aromatic carbocycles. The molecule has 0 radical (unpaired) electrons. The number of fused-ring (bicyclic) bond motifs is 1. The summed E-state index contributed by atoms with van der Waals surface area (Å²) in [6, 6.07) is 17.8. The summed E-state index contributed by atoms with van der Waals surface area (Å²) < 4.78 is 5.46. The van der Waals surface area contributed by atoms with E-state index in [1.54, 1.807) is 17.6 Å². The predicted octanol–water partition coefficient (Wildman–Crippen LogP) is 5.05. The van der Waals surface area contributed by atoms with Gasteiger partial charge in [-0.2, -0.15) is 0 Å². The summed E-state index contributed by atoms with van der Waals surface area (Å²) >= 11 is 1.73. The van der Waals surface area contributed by atoms with Crippen LogP contribution in [0.25, 0.3) is 11.3 Å². The highest BCUT2D eigenvalue weighted by molar-refractivity contribution is 7.15. The number of nitrogens with zero attached hydrogens (tertiary/aromatic N) is 2. The molecule has 31 heavy (non-hydrogen) atoms. The lowest BCUT2D eigenvalue weighted by molar-refractivity contribution is 0.259. The van der Waals surface area contributed by atoms with Gasteiger partial charge < -0.3 is 20.4 Å². The molecule has 2 aromatic heterocycles. The fourth-order valence-electron chi connectivity index (χ4n) is 3.90. The summed E-state index contributed by atoms with van der Waals surface area (Å²) in [5.74, 6) is 0.881. The lowest BCUT2D eigenvalue weighted by Gasteiger charge is -2.28. The van der Waals surface area contributed by atoms with Crippen LogP contribution < -0.4 is 16.0 Å². The number of nitrogens with one attached hydrogen (secondary N) is 1. The van der Waals surface area contributed by atoms with Crippen molar-refractivity contribution in [3.63, 3.8) is 0 Å². The van der Waals surface area contributed by atoms with E-state index in [9.17, 15) is 4.79 Å². The van der Waals surface area contributed by atoms with Crippen molar-refractivity contribution in [2.75, 3.05) is 16.8 Å². The maximum Gasteiger partial charge on any atom is 0.316 e. The number of hydrogen-bond donors (Lipinski definition) is 2. The first-order valence-electron chi connectivity index (χ1n) is 10.1. The zero-order chi connectivity index (χ0) is 21.2. The standard InChI is InChI=1S/C24H22N4O2S/c25-23(29)27-20-8-7-17-9-10-28(15-19(17)13-20)24-26-14-21(31-24)12-16-3-5-18(6-4-16)22-2-1-11-30-22/h1-8,11,13-14H,9-10,12,15H2,(H3,25,27,29). The number of urea groups is 1. The van der Waals surface area contributed by atoms with E-state index in [1.165, 1.54) is 21.6 Å². The van der Waals surface area contributed by atoms with Crippen LogP contribution in [-0.4, -0.2) is 17.6 Å². The highest BCUT2D eigenvalue weighted by Crippen LogP contribution is 2.31. The molecule has 1 aliphatic heterocycles. The smallest absolute Gasteiger partial charge is 0.316 e. The van der Waals surface area contributed by atoms with E-state index < -0.39 is 6.03 Å². The van der Waals surface area contributed by atoms with Crippen LogP contribution in [0, 0.1) is 0 Å². The fraction of sp³-hybridized carbons (Fsp3) is 0.167. The summed E-state index contributed by atoms with van der Waals surface area (Å²) in [4.78, 5) is 19.3. The van der Waals surface area contributed by atoms with Gasteiger partial charge in [-0.15, -0.1) is 11.3 Å². The molecule has 0 atom stereocenters. The van der Waals surface area contributed by atoms with Crippen LogP contribution in [0.15, 0.2) is 71.5 Å². The first-order chi connectivity index (χ1) is 15.1. The third-order valence-electron chi connectivity index (χ3n) is 5.44. The molecule has 4 aromatic rings. The van der Waals surface area contributed by atoms with E-state index in [2.05, 4.69) is 45.5 Å². The summed E-state index contributed by atoms with van der Waals surface area (Å²) in [6.07, 6.45) is 5.47. The van der Waals surface area contributed by atoms with Gasteiger partial charge in [0.15, 0.2) is 5.13 Å². The van der Waals surface area contributed by atoms with Crippen LogP contribution in [0.5, 0.6) is 0 Å². The number of nitrogens with two attached hydrogens (primary N) is 1. The third kappa shape index (κ3) is 4.32. The van der Waals surface area contributed by atoms with Crippen molar-refractivity contribution in [3.8, 4) is 11.3 Å². The van der Waals surface area contributed by atoms with E-state index >= 15 is 0 Å². The lowest BCUT2D eigenvalue weighted by Crippen LogP contribution is -2.30. The van der Waals surface area contributed by atoms with E-state index in [-0.39, 0.29) is 0 Å². The summed E-state index contributed by atoms with van der Waals surface area (Å²) in [6.45, 7) is 1.70. The number of rotatable bonds is 5. The van der Waals surface area contributed by atoms with Gasteiger partial charge in [0.05, 0.1) is 6.26 Å². The molecule has 7 heteroatoms. The van der Waals surface area contributed by atoms with Crippen molar-refractivity contribution in [3.05, 3.63) is 88.6 Å². The molecule has 3 heterocycles. The Morgan fingerprint density at radius 3 is 2.81 bits per heavy atom. The van der Waals surface area contributed by atoms with Crippen molar-refractivity contribution in [2.24, 2.45) is 5.73 Å². The van der Waals surface area contributed by atoms with E-state index in [0.29, 0.717) is 0 Å². The Morgan fingerprint density at radius 2 is 2.03 bits per heavy atom. The number of benzene rings is 2. The van der Waals surface area contributed by atoms with Crippen molar-refractivity contribution in [2.45, 2.75) is 19.4 Å². The minimum absolute atomic E-state index is 0.547. The van der Waals surface area contributed by atoms with Crippen molar-refractivity contribution in [1.82, 2.24) is 4.98 Å². The Hall–Kier alpha value is -3.58. The quantitative estimate of drug-likeness (QED) is 0.464. The topological polar surface area (TPSA) is 84.4 Å². The molecule has 0 spiro atoms. The van der Waals surface area contributed by atoms with Gasteiger partial charge in [0.1, 0.15) is 5.76 Å². The summed E-state index contributed by atoms with van der Waals surface area (Å²) in [7, 11) is 0. The maximum atomic E-state index is 11.1. The SMILES string of the molecule is NC(=O)Nc1ccc2c(c1)CN(c1ncc(Cc3ccc(-c4ccco4)cc3)s1)CC2. The van der Waals surface area contributed by atoms with Crippen molar-refractivity contribution < 1.29 is 9.21 Å². The second-order valence-electron chi connectivity index (χ2n) is 7.60. The first-order valence-corrected chi connectivity index (χ1v) is 11.0. The van der Waals surface area contributed by atoms with Crippen LogP contribution in [0.4, 0.5) is 15.6 Å². The molecular formula is C24H22N4O2S. The minimum Gasteiger partial charge on any atom is -0.464 e. The van der Waals surface area contributed by atoms with Crippen LogP contribution in [0.3, 0.4) is 0 Å². The molecule has 6 nitrogen and oxygen atoms in total. The maximum absolute atomic E-state index is 11.1. The van der Waals surface area contributed by atoms with E-state index in [4.69, 9.17) is 10.2 Å². The van der Waals surface area contributed by atoms with E-state index in [1.807, 2.05) is 30.5 Å². The molecule has 0 unspecified atom stereocenters. The van der Waals surface area contributed by atoms with Crippen LogP contribution in [0.2, 0.25) is 0 Å². The van der Waals surface area contributed by atoms with Gasteiger partial charge in [0.25, 0.3) is 0 Å². The summed E-state index contributed by atoms with van der Waals surface area (Å²) in [5.41, 5.74) is 10.8. The van der Waals surface area contributed by atoms with Crippen LogP contribution >= 0.6 is 11.3 Å². The Bertz CT molecular complexity index is 1200. The second-order valence-corrected chi connectivity index (χ2v) is 8.70. The Morgan fingerprint density at radius 1 is 1.16 bits per heavy atom. The molecule has 3 N–H and O–H groups in total. The number of anilines is 2. The average Bonchev–Trinajstić information content (AvgIpc) is 3.46. The average molecular weight is 431 g/mol. The molecule has 0 fully saturated rings. The highest BCUT2D eigenvalue weighted by Gasteiger charge is 2.19. The molecule has 5 rings (SSSR count). The molecule has 0 bridgehead atoms. The molecule has 0 aliphatic carbocycles. The van der Waals surface area contributed by atoms with Crippen molar-refractivity contribution in [1.29, 1.82) is 0 Å². The molecule has 2 amide bonds. The van der Waals surface area contributed by atoms with Crippen molar-refractivity contribution >= 4 is 28.2 Å². The number of amides is 2. The molecule has 0 saturated heterocycles. The second kappa shape index (κ2) is 8.28. The number of carbonyl (C=O) groups is 1. The molecule has 156 valence electrons. The third-order valence-corrected chi connectivity index (χ3v) is 6.49. The molecular weight excluding hydrogens is 408 g/mol. The van der Waals surface area contributed by atoms with Gasteiger partial charge in [0, 0.05) is 41.8 Å². The molecule has 0 saturated carbocycles. The Labute approximate surface area is 184 Å². The predicted molar refractivity (Wildman–Crippen MR) is 123 cm³/mol. The first kappa shape index (κ1) is 19.4. The van der Waals surface area contributed by atoms with Gasteiger partial charge in [0.2, 0.25) is 0 Å². The van der Waals surface area contributed by atoms with E-state index in [0.717, 1.165) is 48.1 Å². The number of carbonyl (C=O) groups excluding carboxylic acids is 1. The monoisotopic (exact) mass is 430 g/mol. The van der Waals surface area contributed by atoms with Gasteiger partial charge in [-0.1, -0.05) is 30.3 Å². The van der Waals surface area contributed by atoms with Crippen LogP contribution in [0.1, 0.15) is 21.6 Å². The number of furan rings is 1.